The predicted octanol–water partition coefficient (Wildman–Crippen LogP) is 3.14. The number of hydrogen-bond acceptors (Lipinski definition) is 5. The second kappa shape index (κ2) is 9.92. The van der Waals surface area contributed by atoms with Gasteiger partial charge in [0.1, 0.15) is 0 Å². The fraction of sp³-hybridized carbons (Fsp3) is 0.458. The van der Waals surface area contributed by atoms with Crippen LogP contribution in [0.15, 0.2) is 53.4 Å². The van der Waals surface area contributed by atoms with Crippen LogP contribution < -0.4 is 19.5 Å². The number of fused-ring (bicyclic) bond motifs is 1. The highest BCUT2D eigenvalue weighted by atomic mass is 32.2. The van der Waals surface area contributed by atoms with E-state index in [1.165, 1.54) is 17.7 Å². The monoisotopic (exact) mass is 458 g/mol. The van der Waals surface area contributed by atoms with E-state index in [-0.39, 0.29) is 29.2 Å². The van der Waals surface area contributed by atoms with Gasteiger partial charge in [-0.3, -0.25) is 4.79 Å². The van der Waals surface area contributed by atoms with Crippen molar-refractivity contribution in [3.8, 4) is 11.5 Å². The van der Waals surface area contributed by atoms with E-state index >= 15 is 0 Å². The molecular formula is C24H30N2O5S. The fourth-order valence-corrected chi connectivity index (χ4v) is 5.51. The summed E-state index contributed by atoms with van der Waals surface area (Å²) in [5.74, 6) is 0.805. The molecule has 2 aromatic carbocycles. The Kier molecular flexibility index (Phi) is 7.01. The van der Waals surface area contributed by atoms with Crippen molar-refractivity contribution < 1.29 is 22.7 Å². The Labute approximate surface area is 189 Å². The number of sulfonamides is 1. The Morgan fingerprint density at radius 3 is 2.41 bits per heavy atom. The zero-order valence-corrected chi connectivity index (χ0v) is 19.0. The molecule has 172 valence electrons. The van der Waals surface area contributed by atoms with Crippen molar-refractivity contribution in [2.45, 2.75) is 48.8 Å². The van der Waals surface area contributed by atoms with Gasteiger partial charge in [0.15, 0.2) is 11.5 Å². The first-order valence-corrected chi connectivity index (χ1v) is 12.7. The first kappa shape index (κ1) is 22.6. The van der Waals surface area contributed by atoms with E-state index < -0.39 is 10.0 Å². The van der Waals surface area contributed by atoms with Crippen LogP contribution in [0.25, 0.3) is 0 Å². The van der Waals surface area contributed by atoms with Crippen molar-refractivity contribution >= 4 is 15.9 Å². The summed E-state index contributed by atoms with van der Waals surface area (Å²) in [6.45, 7) is 1.62. The summed E-state index contributed by atoms with van der Waals surface area (Å²) < 4.78 is 38.9. The number of rotatable bonds is 8. The van der Waals surface area contributed by atoms with E-state index in [2.05, 4.69) is 22.2 Å². The van der Waals surface area contributed by atoms with Crippen LogP contribution in [0, 0.1) is 0 Å². The number of ether oxygens (including phenoxy) is 2. The van der Waals surface area contributed by atoms with Gasteiger partial charge >= 0.3 is 0 Å². The molecule has 2 N–H and O–H groups in total. The maximum absolute atomic E-state index is 12.6. The zero-order chi connectivity index (χ0) is 22.4. The molecule has 1 aliphatic carbocycles. The lowest BCUT2D eigenvalue weighted by molar-refractivity contribution is -0.121. The molecule has 32 heavy (non-hydrogen) atoms. The first-order valence-electron chi connectivity index (χ1n) is 11.2. The molecule has 0 bridgehead atoms. The fourth-order valence-electron chi connectivity index (χ4n) is 4.46. The summed E-state index contributed by atoms with van der Waals surface area (Å²) in [6, 6.07) is 14.9. The highest BCUT2D eigenvalue weighted by molar-refractivity contribution is 7.89. The van der Waals surface area contributed by atoms with Gasteiger partial charge in [-0.1, -0.05) is 43.2 Å². The molecule has 1 amide bonds. The standard InChI is InChI=1S/C24H30N2O5S/c27-23(25-18-24(12-4-5-13-24)19-7-2-1-3-8-19)11-14-26-32(28,29)20-9-10-21-22(17-20)31-16-6-15-30-21/h1-3,7-10,17,26H,4-6,11-16,18H2,(H,25,27). The normalized spacial score (nSPS) is 17.5. The summed E-state index contributed by atoms with van der Waals surface area (Å²) in [4.78, 5) is 12.5. The molecule has 0 aromatic heterocycles. The predicted molar refractivity (Wildman–Crippen MR) is 121 cm³/mol. The average molecular weight is 459 g/mol. The van der Waals surface area contributed by atoms with E-state index in [9.17, 15) is 13.2 Å². The second-order valence-corrected chi connectivity index (χ2v) is 10.2. The van der Waals surface area contributed by atoms with Gasteiger partial charge in [0, 0.05) is 37.4 Å². The molecule has 0 spiro atoms. The van der Waals surface area contributed by atoms with E-state index in [0.29, 0.717) is 31.3 Å². The topological polar surface area (TPSA) is 93.7 Å². The average Bonchev–Trinajstić information content (AvgIpc) is 3.16. The number of hydrogen-bond donors (Lipinski definition) is 2. The Balaban J connectivity index is 1.30. The maximum Gasteiger partial charge on any atom is 0.240 e. The lowest BCUT2D eigenvalue weighted by atomic mass is 9.79. The van der Waals surface area contributed by atoms with Gasteiger partial charge in [-0.15, -0.1) is 0 Å². The summed E-state index contributed by atoms with van der Waals surface area (Å²) in [5.41, 5.74) is 1.23. The summed E-state index contributed by atoms with van der Waals surface area (Å²) in [7, 11) is -3.75. The highest BCUT2D eigenvalue weighted by Gasteiger charge is 2.35. The van der Waals surface area contributed by atoms with E-state index in [1.807, 2.05) is 18.2 Å². The van der Waals surface area contributed by atoms with Gasteiger partial charge in [-0.05, 0) is 30.5 Å². The van der Waals surface area contributed by atoms with Crippen LogP contribution in [0.2, 0.25) is 0 Å². The van der Waals surface area contributed by atoms with Gasteiger partial charge in [-0.2, -0.15) is 0 Å². The van der Waals surface area contributed by atoms with Gasteiger partial charge in [-0.25, -0.2) is 13.1 Å². The molecule has 0 saturated heterocycles. The van der Waals surface area contributed by atoms with Crippen LogP contribution in [-0.2, 0) is 20.2 Å². The largest absolute Gasteiger partial charge is 0.490 e. The van der Waals surface area contributed by atoms with Gasteiger partial charge in [0.2, 0.25) is 15.9 Å². The van der Waals surface area contributed by atoms with Crippen molar-refractivity contribution in [2.24, 2.45) is 0 Å². The molecule has 0 unspecified atom stereocenters. The third kappa shape index (κ3) is 5.24. The minimum Gasteiger partial charge on any atom is -0.490 e. The van der Waals surface area contributed by atoms with Crippen molar-refractivity contribution in [1.82, 2.24) is 10.0 Å². The molecule has 7 nitrogen and oxygen atoms in total. The Hall–Kier alpha value is -2.58. The van der Waals surface area contributed by atoms with Crippen LogP contribution in [0.5, 0.6) is 11.5 Å². The zero-order valence-electron chi connectivity index (χ0n) is 18.1. The van der Waals surface area contributed by atoms with Crippen molar-refractivity contribution in [2.75, 3.05) is 26.3 Å². The molecule has 0 atom stereocenters. The van der Waals surface area contributed by atoms with Crippen molar-refractivity contribution in [3.05, 3.63) is 54.1 Å². The lowest BCUT2D eigenvalue weighted by Gasteiger charge is -2.30. The quantitative estimate of drug-likeness (QED) is 0.634. The third-order valence-corrected chi connectivity index (χ3v) is 7.70. The van der Waals surface area contributed by atoms with Gasteiger partial charge < -0.3 is 14.8 Å². The summed E-state index contributed by atoms with van der Waals surface area (Å²) >= 11 is 0. The molecule has 8 heteroatoms. The summed E-state index contributed by atoms with van der Waals surface area (Å²) in [6.07, 6.45) is 5.23. The Bertz CT molecular complexity index is 1030. The molecular weight excluding hydrogens is 428 g/mol. The third-order valence-electron chi connectivity index (χ3n) is 6.24. The van der Waals surface area contributed by atoms with Crippen LogP contribution in [0.4, 0.5) is 0 Å². The molecule has 0 radical (unpaired) electrons. The number of benzene rings is 2. The van der Waals surface area contributed by atoms with Crippen LogP contribution in [0.3, 0.4) is 0 Å². The SMILES string of the molecule is O=C(CCNS(=O)(=O)c1ccc2c(c1)OCCCO2)NCC1(c2ccccc2)CCCC1. The van der Waals surface area contributed by atoms with Gasteiger partial charge in [0.25, 0.3) is 0 Å². The van der Waals surface area contributed by atoms with Crippen LogP contribution in [0.1, 0.15) is 44.1 Å². The van der Waals surface area contributed by atoms with Crippen LogP contribution in [-0.4, -0.2) is 40.6 Å². The number of amides is 1. The molecule has 2 aromatic rings. The first-order chi connectivity index (χ1) is 15.5. The summed E-state index contributed by atoms with van der Waals surface area (Å²) in [5, 5.41) is 3.03. The van der Waals surface area contributed by atoms with E-state index in [0.717, 1.165) is 32.1 Å². The maximum atomic E-state index is 12.6. The molecule has 2 aliphatic rings. The lowest BCUT2D eigenvalue weighted by Crippen LogP contribution is -2.40. The molecule has 1 heterocycles. The number of carbonyl (C=O) groups excluding carboxylic acids is 1. The Morgan fingerprint density at radius 1 is 0.938 bits per heavy atom. The molecule has 4 rings (SSSR count). The van der Waals surface area contributed by atoms with Crippen molar-refractivity contribution in [3.63, 3.8) is 0 Å². The minimum atomic E-state index is -3.75. The molecule has 1 fully saturated rings. The van der Waals surface area contributed by atoms with E-state index in [4.69, 9.17) is 9.47 Å². The Morgan fingerprint density at radius 2 is 1.66 bits per heavy atom. The molecule has 1 aliphatic heterocycles. The van der Waals surface area contributed by atoms with E-state index in [1.54, 1.807) is 6.07 Å². The molecule has 1 saturated carbocycles. The van der Waals surface area contributed by atoms with Gasteiger partial charge in [0.05, 0.1) is 18.1 Å². The van der Waals surface area contributed by atoms with Crippen LogP contribution >= 0.6 is 0 Å². The smallest absolute Gasteiger partial charge is 0.240 e. The number of carbonyl (C=O) groups is 1. The number of nitrogens with one attached hydrogen (secondary N) is 2. The minimum absolute atomic E-state index is 0.0274. The van der Waals surface area contributed by atoms with Crippen molar-refractivity contribution in [1.29, 1.82) is 0 Å². The second-order valence-electron chi connectivity index (χ2n) is 8.44. The highest BCUT2D eigenvalue weighted by Crippen LogP contribution is 2.40.